The lowest BCUT2D eigenvalue weighted by molar-refractivity contribution is -0.929. The average molecular weight is 1230 g/mol. The molecule has 0 atom stereocenters. The van der Waals surface area contributed by atoms with Gasteiger partial charge in [-0.1, -0.05) is 71.6 Å². The Bertz CT molecular complexity index is 1580. The predicted molar refractivity (Wildman–Crippen MR) is 277 cm³/mol. The summed E-state index contributed by atoms with van der Waals surface area (Å²) in [5, 5.41) is 2.55. The first-order valence-corrected chi connectivity index (χ1v) is 31.4. The molecular weight excluding hydrogens is 1150 g/mol. The van der Waals surface area contributed by atoms with Crippen LogP contribution in [0.1, 0.15) is 136 Å². The molecule has 0 aromatic heterocycles. The van der Waals surface area contributed by atoms with E-state index in [2.05, 4.69) is 57.4 Å². The molecule has 0 heterocycles. The van der Waals surface area contributed by atoms with Crippen LogP contribution in [0.15, 0.2) is 34.5 Å². The number of quaternary nitrogens is 1. The summed E-state index contributed by atoms with van der Waals surface area (Å²) in [4.78, 5) is 8.81. The van der Waals surface area contributed by atoms with Gasteiger partial charge < -0.3 is 22.9 Å². The molecule has 28 heteroatoms. The fourth-order valence-electron chi connectivity index (χ4n) is 4.26. The highest BCUT2D eigenvalue weighted by molar-refractivity contribution is 14.0. The van der Waals surface area contributed by atoms with E-state index >= 15 is 0 Å². The first-order chi connectivity index (χ1) is 28.5. The molecule has 0 aliphatic rings. The predicted octanol–water partition coefficient (Wildman–Crippen LogP) is 10.9. The fraction of sp³-hybridized carbons (Fsp3) is 0.806. The van der Waals surface area contributed by atoms with Crippen molar-refractivity contribution in [1.29, 1.82) is 0 Å². The molecule has 64 heavy (non-hydrogen) atoms. The standard InChI is InChI=1S/C16H36N.C7H17O6PS.C5H10O3S.C3H5ClO2S.C3H6O3S.C2H4O.Cl2OS.FH.HI.H2/c1-5-9-13-17(14-10-6-2,15-11-7-3)16-12-8-4;1-4-11-14(8,12-5-2)7-15(9,10)13-6-3;1-3-5-9(6,7)8-4-2;2*1-2-3-7(4,5)6;1-2-3;1-4(2)3;;;/h5-16H2,1-4H3;4-7H2,1-3H3;3,5H,4H2,1-2H3;2-3H,1H3;2-3H,1H3,(H,4,5,6);2H,1H3;;3*1H/q+1;;;;;;;;;/p-1/b;;5-3+;2*3-2+;;;;;. The number of aldehydes is 1. The largest absolute Gasteiger partial charge is 0.744 e. The van der Waals surface area contributed by atoms with E-state index in [0.717, 1.165) is 17.1 Å². The third-order valence-corrected chi connectivity index (χ3v) is 13.5. The first-order valence-electron chi connectivity index (χ1n) is 19.9. The Morgan fingerprint density at radius 1 is 0.625 bits per heavy atom. The topological polar surface area (TPSA) is 248 Å². The smallest absolute Gasteiger partial charge is 0.348 e. The lowest BCUT2D eigenvalue weighted by Crippen LogP contribution is -2.50. The second-order valence-electron chi connectivity index (χ2n) is 11.9. The molecule has 0 aliphatic heterocycles. The maximum atomic E-state index is 11.8. The molecule has 0 aromatic rings. The molecule has 0 rings (SSSR count). The van der Waals surface area contributed by atoms with Gasteiger partial charge in [-0.3, -0.25) is 17.6 Å². The number of nitrogens with zero attached hydrogens (tertiary/aromatic N) is 1. The molecule has 0 spiro atoms. The molecule has 0 N–H and O–H groups in total. The second kappa shape index (κ2) is 54.3. The molecule has 0 bridgehead atoms. The van der Waals surface area contributed by atoms with E-state index < -0.39 is 61.7 Å². The van der Waals surface area contributed by atoms with Crippen LogP contribution >= 0.6 is 63.6 Å². The van der Waals surface area contributed by atoms with E-state index in [1.165, 1.54) is 121 Å². The summed E-state index contributed by atoms with van der Waals surface area (Å²) >= 11 is 0. The average Bonchev–Trinajstić information content (AvgIpc) is 3.11. The van der Waals surface area contributed by atoms with E-state index in [9.17, 15) is 42.8 Å². The van der Waals surface area contributed by atoms with Gasteiger partial charge in [-0.05, 0) is 81.1 Å². The van der Waals surface area contributed by atoms with E-state index in [-0.39, 0.29) is 56.5 Å². The molecule has 0 saturated carbocycles. The van der Waals surface area contributed by atoms with Crippen molar-refractivity contribution in [2.75, 3.05) is 58.1 Å². The molecule has 17 nitrogen and oxygen atoms in total. The van der Waals surface area contributed by atoms with Gasteiger partial charge in [0.2, 0.25) is 9.23 Å². The summed E-state index contributed by atoms with van der Waals surface area (Å²) in [7, 11) is -6.20. The number of unbranched alkanes of at least 4 members (excludes halogenated alkanes) is 4. The van der Waals surface area contributed by atoms with Crippen LogP contribution in [0.4, 0.5) is 4.70 Å². The van der Waals surface area contributed by atoms with Crippen molar-refractivity contribution in [2.45, 2.75) is 134 Å². The van der Waals surface area contributed by atoms with Crippen LogP contribution in [0.3, 0.4) is 0 Å². The zero-order valence-electron chi connectivity index (χ0n) is 39.5. The summed E-state index contributed by atoms with van der Waals surface area (Å²) in [6, 6.07) is 0. The monoisotopic (exact) mass is 1230 g/mol. The van der Waals surface area contributed by atoms with Crippen LogP contribution in [-0.4, -0.2) is 111 Å². The number of halogens is 5. The Morgan fingerprint density at radius 3 is 1.09 bits per heavy atom. The van der Waals surface area contributed by atoms with Crippen molar-refractivity contribution in [2.24, 2.45) is 0 Å². The van der Waals surface area contributed by atoms with Gasteiger partial charge in [0, 0.05) is 44.3 Å². The number of hydrogen-bond donors (Lipinski definition) is 0. The molecule has 0 saturated heterocycles. The Morgan fingerprint density at radius 2 is 0.922 bits per heavy atom. The van der Waals surface area contributed by atoms with Crippen LogP contribution in [0.2, 0.25) is 0 Å². The SMILES string of the molecule is C/C=C/S(=O)(=O)Cl.C/C=C/S(=O)(=O)OCC.C/C=C/S(=O)(=O)[O-].CC=O.CCCC[N+](CCCC)(CCCC)CCCC.CCOP(=O)(CS(=O)(=O)OCC)OCC.F.I.O=S(Cl)Cl.[HH]. The molecule has 0 amide bonds. The van der Waals surface area contributed by atoms with E-state index in [1.807, 2.05) is 0 Å². The van der Waals surface area contributed by atoms with E-state index in [1.54, 1.807) is 34.6 Å². The van der Waals surface area contributed by atoms with Crippen LogP contribution in [-0.2, 0) is 75.4 Å². The van der Waals surface area contributed by atoms with Gasteiger partial charge in [-0.2, -0.15) is 16.8 Å². The normalized spacial score (nSPS) is 11.6. The van der Waals surface area contributed by atoms with Gasteiger partial charge in [0.15, 0.2) is 5.49 Å². The van der Waals surface area contributed by atoms with Crippen molar-refractivity contribution in [1.82, 2.24) is 0 Å². The van der Waals surface area contributed by atoms with Crippen molar-refractivity contribution >= 4 is 119 Å². The minimum atomic E-state index is -4.10. The van der Waals surface area contributed by atoms with Crippen molar-refractivity contribution in [3.8, 4) is 0 Å². The number of carbonyl (C=O) groups is 1. The highest BCUT2D eigenvalue weighted by Gasteiger charge is 2.32. The fourth-order valence-corrected chi connectivity index (χ4v) is 9.63. The number of hydrogen-bond acceptors (Lipinski definition) is 16. The van der Waals surface area contributed by atoms with Crippen LogP contribution in [0, 0.1) is 0 Å². The molecular formula is C36H81Cl3FINO16PS5. The second-order valence-corrected chi connectivity index (χ2v) is 23.8. The van der Waals surface area contributed by atoms with Gasteiger partial charge in [-0.25, -0.2) is 21.0 Å². The molecule has 0 aliphatic carbocycles. The van der Waals surface area contributed by atoms with Gasteiger partial charge in [0.25, 0.3) is 29.3 Å². The van der Waals surface area contributed by atoms with Crippen molar-refractivity contribution in [3.05, 3.63) is 34.5 Å². The van der Waals surface area contributed by atoms with Gasteiger partial charge in [0.05, 0.1) is 58.0 Å². The third kappa shape index (κ3) is 79.5. The zero-order chi connectivity index (χ0) is 50.4. The van der Waals surface area contributed by atoms with E-state index in [4.69, 9.17) is 28.7 Å². The summed E-state index contributed by atoms with van der Waals surface area (Å²) in [6.07, 6.45) is 15.8. The van der Waals surface area contributed by atoms with Gasteiger partial charge >= 0.3 is 7.60 Å². The molecule has 0 radical (unpaired) electrons. The Labute approximate surface area is 422 Å². The number of allylic oxidation sites excluding steroid dienone is 3. The van der Waals surface area contributed by atoms with Crippen molar-refractivity contribution in [3.63, 3.8) is 0 Å². The Hall–Kier alpha value is 0.360. The van der Waals surface area contributed by atoms with Gasteiger partial charge in [-0.15, -0.1) is 24.0 Å². The van der Waals surface area contributed by atoms with Crippen LogP contribution in [0.25, 0.3) is 0 Å². The molecule has 0 aromatic carbocycles. The maximum absolute atomic E-state index is 11.8. The Balaban J connectivity index is -0.0000000718. The van der Waals surface area contributed by atoms with Gasteiger partial charge in [0.1, 0.15) is 16.4 Å². The Kier molecular flexibility index (Phi) is 71.5. The summed E-state index contributed by atoms with van der Waals surface area (Å²) in [5.41, 5.74) is -0.741. The number of rotatable bonds is 25. The minimum absolute atomic E-state index is 0. The summed E-state index contributed by atoms with van der Waals surface area (Å²) in [5.74, 6) is 0. The summed E-state index contributed by atoms with van der Waals surface area (Å²) in [6.45, 7) is 27.9. The third-order valence-electron chi connectivity index (χ3n) is 6.40. The highest BCUT2D eigenvalue weighted by atomic mass is 127. The first kappa shape index (κ1) is 84.3. The zero-order valence-corrected chi connectivity index (χ0v) is 49.1. The molecule has 0 fully saturated rings. The lowest BCUT2D eigenvalue weighted by Gasteiger charge is -2.39. The number of carbonyl (C=O) groups excluding carboxylic acids is 1. The highest BCUT2D eigenvalue weighted by Crippen LogP contribution is 2.49. The lowest BCUT2D eigenvalue weighted by atomic mass is 10.1. The van der Waals surface area contributed by atoms with Crippen molar-refractivity contribution < 1.29 is 79.8 Å². The maximum Gasteiger partial charge on any atom is 0.348 e. The molecule has 396 valence electrons. The quantitative estimate of drug-likeness (QED) is 0.0157. The molecule has 0 unspecified atom stereocenters. The van der Waals surface area contributed by atoms with Crippen LogP contribution < -0.4 is 0 Å². The van der Waals surface area contributed by atoms with Crippen LogP contribution in [0.5, 0.6) is 0 Å². The van der Waals surface area contributed by atoms with E-state index in [0.29, 0.717) is 5.41 Å². The summed E-state index contributed by atoms with van der Waals surface area (Å²) < 4.78 is 133. The minimum Gasteiger partial charge on any atom is -0.744 e.